The molecular formula is C19H21IO6. The number of esters is 1. The van der Waals surface area contributed by atoms with Crippen molar-refractivity contribution in [1.29, 1.82) is 0 Å². The largest absolute Gasteiger partial charge is 0.493 e. The molecule has 7 heteroatoms. The highest BCUT2D eigenvalue weighted by atomic mass is 127. The maximum atomic E-state index is 12.2. The zero-order valence-corrected chi connectivity index (χ0v) is 17.3. The predicted molar refractivity (Wildman–Crippen MR) is 105 cm³/mol. The minimum atomic E-state index is -0.331. The van der Waals surface area contributed by atoms with Crippen molar-refractivity contribution in [2.24, 2.45) is 0 Å². The fourth-order valence-corrected chi connectivity index (χ4v) is 2.97. The zero-order chi connectivity index (χ0) is 19.1. The molecule has 2 rings (SSSR count). The van der Waals surface area contributed by atoms with Gasteiger partial charge in [0, 0.05) is 9.13 Å². The normalized spacial score (nSPS) is 10.2. The molecule has 26 heavy (non-hydrogen) atoms. The molecule has 0 bridgehead atoms. The summed E-state index contributed by atoms with van der Waals surface area (Å²) in [7, 11) is 6.27. The van der Waals surface area contributed by atoms with E-state index >= 15 is 0 Å². The average Bonchev–Trinajstić information content (AvgIpc) is 2.66. The summed E-state index contributed by atoms with van der Waals surface area (Å²) in [6, 6.07) is 8.99. The quantitative estimate of drug-likeness (QED) is 0.432. The van der Waals surface area contributed by atoms with Crippen molar-refractivity contribution in [3.8, 4) is 23.0 Å². The van der Waals surface area contributed by atoms with Gasteiger partial charge in [0.15, 0.2) is 23.0 Å². The van der Waals surface area contributed by atoms with Gasteiger partial charge in [-0.3, -0.25) is 4.79 Å². The van der Waals surface area contributed by atoms with E-state index < -0.39 is 0 Å². The van der Waals surface area contributed by atoms with E-state index in [1.54, 1.807) is 40.6 Å². The van der Waals surface area contributed by atoms with Crippen molar-refractivity contribution in [2.75, 3.05) is 28.4 Å². The van der Waals surface area contributed by atoms with Gasteiger partial charge < -0.3 is 23.7 Å². The van der Waals surface area contributed by atoms with Crippen molar-refractivity contribution in [3.63, 3.8) is 0 Å². The molecule has 0 saturated heterocycles. The predicted octanol–water partition coefficient (Wildman–Crippen LogP) is 3.61. The molecule has 0 radical (unpaired) electrons. The van der Waals surface area contributed by atoms with Gasteiger partial charge >= 0.3 is 5.97 Å². The molecule has 0 aliphatic heterocycles. The maximum absolute atomic E-state index is 12.2. The van der Waals surface area contributed by atoms with Crippen LogP contribution in [0.5, 0.6) is 23.0 Å². The van der Waals surface area contributed by atoms with E-state index in [1.165, 1.54) is 0 Å². The smallest absolute Gasteiger partial charge is 0.310 e. The summed E-state index contributed by atoms with van der Waals surface area (Å²) in [5, 5.41) is 0. The number of benzene rings is 2. The first-order chi connectivity index (χ1) is 12.5. The monoisotopic (exact) mass is 472 g/mol. The first kappa shape index (κ1) is 20.2. The molecule has 0 amide bonds. The summed E-state index contributed by atoms with van der Waals surface area (Å²) in [6.45, 7) is 0.157. The SMILES string of the molecule is COc1ccc(CC(=O)OCc2cc(OC)c(OC)cc2I)cc1OC. The van der Waals surface area contributed by atoms with Crippen LogP contribution in [0, 0.1) is 3.57 Å². The standard InChI is InChI=1S/C19H21IO6/c1-22-15-6-5-12(7-16(15)23-2)8-19(21)26-11-13-9-17(24-3)18(25-4)10-14(13)20/h5-7,9-10H,8,11H2,1-4H3. The van der Waals surface area contributed by atoms with Crippen molar-refractivity contribution < 1.29 is 28.5 Å². The third kappa shape index (κ3) is 4.94. The number of rotatable bonds is 8. The highest BCUT2D eigenvalue weighted by molar-refractivity contribution is 14.1. The molecule has 0 unspecified atom stereocenters. The van der Waals surface area contributed by atoms with Crippen LogP contribution in [-0.4, -0.2) is 34.4 Å². The van der Waals surface area contributed by atoms with Gasteiger partial charge in [0.25, 0.3) is 0 Å². The molecule has 140 valence electrons. The van der Waals surface area contributed by atoms with E-state index in [4.69, 9.17) is 23.7 Å². The molecule has 0 aliphatic carbocycles. The van der Waals surface area contributed by atoms with Gasteiger partial charge in [-0.2, -0.15) is 0 Å². The van der Waals surface area contributed by atoms with Crippen LogP contribution in [0.4, 0.5) is 0 Å². The van der Waals surface area contributed by atoms with Gasteiger partial charge in [-0.1, -0.05) is 6.07 Å². The third-order valence-corrected chi connectivity index (χ3v) is 4.74. The van der Waals surface area contributed by atoms with Crippen LogP contribution < -0.4 is 18.9 Å². The Morgan fingerprint density at radius 1 is 0.846 bits per heavy atom. The highest BCUT2D eigenvalue weighted by Gasteiger charge is 2.13. The van der Waals surface area contributed by atoms with E-state index in [0.717, 1.165) is 14.7 Å². The Kier molecular flexibility index (Phi) is 7.38. The Hall–Kier alpha value is -2.16. The number of hydrogen-bond acceptors (Lipinski definition) is 6. The number of methoxy groups -OCH3 is 4. The third-order valence-electron chi connectivity index (χ3n) is 3.74. The minimum absolute atomic E-state index is 0.143. The van der Waals surface area contributed by atoms with Crippen LogP contribution in [0.15, 0.2) is 30.3 Å². The Bertz CT molecular complexity index is 775. The topological polar surface area (TPSA) is 63.2 Å². The summed E-state index contributed by atoms with van der Waals surface area (Å²) >= 11 is 2.17. The van der Waals surface area contributed by atoms with E-state index in [0.29, 0.717) is 23.0 Å². The fraction of sp³-hybridized carbons (Fsp3) is 0.316. The molecule has 0 saturated carbocycles. The van der Waals surface area contributed by atoms with Crippen LogP contribution in [0.1, 0.15) is 11.1 Å². The Morgan fingerprint density at radius 3 is 2.04 bits per heavy atom. The van der Waals surface area contributed by atoms with Crippen LogP contribution in [0.2, 0.25) is 0 Å². The molecule has 0 aromatic heterocycles. The lowest BCUT2D eigenvalue weighted by atomic mass is 10.1. The van der Waals surface area contributed by atoms with Gasteiger partial charge in [-0.25, -0.2) is 0 Å². The Balaban J connectivity index is 2.03. The summed E-state index contributed by atoms with van der Waals surface area (Å²) in [4.78, 5) is 12.2. The van der Waals surface area contributed by atoms with E-state index in [1.807, 2.05) is 18.2 Å². The molecule has 2 aromatic carbocycles. The highest BCUT2D eigenvalue weighted by Crippen LogP contribution is 2.32. The number of carbonyl (C=O) groups is 1. The molecule has 6 nitrogen and oxygen atoms in total. The first-order valence-electron chi connectivity index (χ1n) is 7.79. The van der Waals surface area contributed by atoms with Gasteiger partial charge in [-0.15, -0.1) is 0 Å². The fourth-order valence-electron chi connectivity index (χ4n) is 2.37. The zero-order valence-electron chi connectivity index (χ0n) is 15.1. The summed E-state index contributed by atoms with van der Waals surface area (Å²) in [5.41, 5.74) is 1.64. The van der Waals surface area contributed by atoms with Crippen molar-refractivity contribution in [1.82, 2.24) is 0 Å². The van der Waals surface area contributed by atoms with Crippen molar-refractivity contribution in [3.05, 3.63) is 45.0 Å². The van der Waals surface area contributed by atoms with E-state index in [9.17, 15) is 4.79 Å². The Morgan fingerprint density at radius 2 is 1.42 bits per heavy atom. The minimum Gasteiger partial charge on any atom is -0.493 e. The summed E-state index contributed by atoms with van der Waals surface area (Å²) < 4.78 is 27.3. The number of carbonyl (C=O) groups excluding carboxylic acids is 1. The van der Waals surface area contributed by atoms with Gasteiger partial charge in [0.05, 0.1) is 34.9 Å². The lowest BCUT2D eigenvalue weighted by molar-refractivity contribution is -0.144. The van der Waals surface area contributed by atoms with Crippen molar-refractivity contribution in [2.45, 2.75) is 13.0 Å². The Labute approximate surface area is 166 Å². The summed E-state index contributed by atoms with van der Waals surface area (Å²) in [6.07, 6.45) is 0.143. The molecule has 0 spiro atoms. The molecular weight excluding hydrogens is 451 g/mol. The lowest BCUT2D eigenvalue weighted by Crippen LogP contribution is -2.09. The number of hydrogen-bond donors (Lipinski definition) is 0. The second-order valence-electron chi connectivity index (χ2n) is 5.33. The van der Waals surface area contributed by atoms with Gasteiger partial charge in [-0.05, 0) is 52.4 Å². The van der Waals surface area contributed by atoms with E-state index in [2.05, 4.69) is 22.6 Å². The van der Waals surface area contributed by atoms with E-state index in [-0.39, 0.29) is 19.0 Å². The molecule has 0 N–H and O–H groups in total. The molecule has 0 heterocycles. The molecule has 0 fully saturated rings. The molecule has 0 atom stereocenters. The molecule has 0 aliphatic rings. The van der Waals surface area contributed by atoms with Crippen molar-refractivity contribution >= 4 is 28.6 Å². The van der Waals surface area contributed by atoms with Gasteiger partial charge in [0.1, 0.15) is 6.61 Å². The van der Waals surface area contributed by atoms with Gasteiger partial charge in [0.2, 0.25) is 0 Å². The second kappa shape index (κ2) is 9.51. The summed E-state index contributed by atoms with van der Waals surface area (Å²) in [5.74, 6) is 2.09. The lowest BCUT2D eigenvalue weighted by Gasteiger charge is -2.13. The average molecular weight is 472 g/mol. The first-order valence-corrected chi connectivity index (χ1v) is 8.87. The second-order valence-corrected chi connectivity index (χ2v) is 6.49. The van der Waals surface area contributed by atoms with Crippen LogP contribution in [0.3, 0.4) is 0 Å². The van der Waals surface area contributed by atoms with Crippen LogP contribution >= 0.6 is 22.6 Å². The van der Waals surface area contributed by atoms with Crippen LogP contribution in [0.25, 0.3) is 0 Å². The number of ether oxygens (including phenoxy) is 5. The number of halogens is 1. The maximum Gasteiger partial charge on any atom is 0.310 e. The molecule has 2 aromatic rings. The van der Waals surface area contributed by atoms with Crippen LogP contribution in [-0.2, 0) is 22.6 Å².